The number of aliphatic hydroxyl groups is 1. The SMILES string of the molecule is COCCc1c(NC(O)c2ccc(C#N)cc2)[nH]c2c1=CCC(N(C)C(=O)C1CCCCC1)C=2. The number of amides is 1. The van der Waals surface area contributed by atoms with Crippen molar-refractivity contribution in [2.75, 3.05) is 26.1 Å². The summed E-state index contributed by atoms with van der Waals surface area (Å²) >= 11 is 0. The molecule has 2 unspecified atom stereocenters. The molecule has 0 aliphatic heterocycles. The highest BCUT2D eigenvalue weighted by molar-refractivity contribution is 5.80. The van der Waals surface area contributed by atoms with Crippen molar-refractivity contribution in [3.05, 3.63) is 51.5 Å². The summed E-state index contributed by atoms with van der Waals surface area (Å²) < 4.78 is 5.32. The molecule has 0 saturated heterocycles. The largest absolute Gasteiger partial charge is 0.384 e. The van der Waals surface area contributed by atoms with Crippen LogP contribution in [0, 0.1) is 17.2 Å². The van der Waals surface area contributed by atoms with Crippen LogP contribution in [0.1, 0.15) is 61.4 Å². The molecule has 0 bridgehead atoms. The van der Waals surface area contributed by atoms with Gasteiger partial charge in [-0.2, -0.15) is 5.26 Å². The summed E-state index contributed by atoms with van der Waals surface area (Å²) in [5.74, 6) is 1.14. The fourth-order valence-corrected chi connectivity index (χ4v) is 5.06. The van der Waals surface area contributed by atoms with Crippen molar-refractivity contribution in [1.82, 2.24) is 9.88 Å². The lowest BCUT2D eigenvalue weighted by atomic mass is 9.88. The van der Waals surface area contributed by atoms with Crippen molar-refractivity contribution < 1.29 is 14.6 Å². The summed E-state index contributed by atoms with van der Waals surface area (Å²) in [5, 5.41) is 25.0. The van der Waals surface area contributed by atoms with E-state index in [4.69, 9.17) is 10.00 Å². The highest BCUT2D eigenvalue weighted by Crippen LogP contribution is 2.26. The Kier molecular flexibility index (Phi) is 7.71. The number of hydrogen-bond acceptors (Lipinski definition) is 5. The Bertz CT molecular complexity index is 1160. The average Bonchev–Trinajstić information content (AvgIpc) is 3.22. The van der Waals surface area contributed by atoms with E-state index in [0.717, 1.165) is 54.1 Å². The quantitative estimate of drug-likeness (QED) is 0.524. The summed E-state index contributed by atoms with van der Waals surface area (Å²) in [6.45, 7) is 0.559. The summed E-state index contributed by atoms with van der Waals surface area (Å²) in [4.78, 5) is 18.4. The van der Waals surface area contributed by atoms with Crippen LogP contribution in [-0.4, -0.2) is 47.7 Å². The van der Waals surface area contributed by atoms with Crippen molar-refractivity contribution >= 4 is 23.9 Å². The van der Waals surface area contributed by atoms with Crippen LogP contribution in [0.15, 0.2) is 24.3 Å². The van der Waals surface area contributed by atoms with Crippen LogP contribution >= 0.6 is 0 Å². The molecule has 3 N–H and O–H groups in total. The minimum absolute atomic E-state index is 0.00662. The Morgan fingerprint density at radius 1 is 1.29 bits per heavy atom. The van der Waals surface area contributed by atoms with Crippen molar-refractivity contribution in [1.29, 1.82) is 5.26 Å². The van der Waals surface area contributed by atoms with Gasteiger partial charge in [0.25, 0.3) is 0 Å². The fourth-order valence-electron chi connectivity index (χ4n) is 5.06. The second kappa shape index (κ2) is 10.9. The topological polar surface area (TPSA) is 101 Å². The van der Waals surface area contributed by atoms with Crippen LogP contribution in [-0.2, 0) is 16.0 Å². The molecule has 7 heteroatoms. The number of aromatic nitrogens is 1. The number of carbonyl (C=O) groups excluding carboxylic acids is 1. The first-order valence-corrected chi connectivity index (χ1v) is 12.1. The number of rotatable bonds is 8. The number of nitrogens with one attached hydrogen (secondary N) is 2. The van der Waals surface area contributed by atoms with E-state index in [1.54, 1.807) is 31.4 Å². The molecule has 2 aliphatic carbocycles. The maximum absolute atomic E-state index is 13.1. The zero-order valence-corrected chi connectivity index (χ0v) is 20.0. The van der Waals surface area contributed by atoms with E-state index < -0.39 is 6.23 Å². The third-order valence-corrected chi connectivity index (χ3v) is 7.09. The molecule has 0 spiro atoms. The lowest BCUT2D eigenvalue weighted by Gasteiger charge is -2.31. The molecule has 2 aromatic rings. The second-order valence-electron chi connectivity index (χ2n) is 9.29. The fraction of sp³-hybridized carbons (Fsp3) is 0.481. The molecule has 1 heterocycles. The molecule has 0 radical (unpaired) electrons. The number of ether oxygens (including phenoxy) is 1. The number of nitrogens with zero attached hydrogens (tertiary/aromatic N) is 2. The summed E-state index contributed by atoms with van der Waals surface area (Å²) in [7, 11) is 3.59. The first kappa shape index (κ1) is 24.1. The Hall–Kier alpha value is -3.08. The zero-order valence-electron chi connectivity index (χ0n) is 20.0. The lowest BCUT2D eigenvalue weighted by Crippen LogP contribution is -2.44. The molecule has 1 aromatic heterocycles. The van der Waals surface area contributed by atoms with Crippen LogP contribution in [0.25, 0.3) is 12.2 Å². The molecule has 1 amide bonds. The minimum Gasteiger partial charge on any atom is -0.384 e. The highest BCUT2D eigenvalue weighted by atomic mass is 16.5. The number of aromatic amines is 1. The van der Waals surface area contributed by atoms with Crippen molar-refractivity contribution in [3.63, 3.8) is 0 Å². The summed E-state index contributed by atoms with van der Waals surface area (Å²) in [6.07, 6.45) is 10.4. The summed E-state index contributed by atoms with van der Waals surface area (Å²) in [6, 6.07) is 8.97. The molecule has 1 fully saturated rings. The predicted octanol–water partition coefficient (Wildman–Crippen LogP) is 2.55. The molecule has 180 valence electrons. The molecule has 1 aromatic carbocycles. The van der Waals surface area contributed by atoms with E-state index in [-0.39, 0.29) is 17.9 Å². The number of aliphatic hydroxyl groups excluding tert-OH is 1. The minimum atomic E-state index is -0.930. The van der Waals surface area contributed by atoms with E-state index in [0.29, 0.717) is 24.2 Å². The Labute approximate surface area is 200 Å². The standard InChI is InChI=1S/C27H34N4O3/c1-31(27(33)20-6-4-3-5-7-20)21-12-13-22-23(14-15-34-2)25(29-24(22)16-21)30-26(32)19-10-8-18(17-28)9-11-19/h8-11,13,16,20-21,26,29-30,32H,3-7,12,14-15H2,1-2H3. The van der Waals surface area contributed by atoms with Gasteiger partial charge in [0, 0.05) is 41.8 Å². The maximum Gasteiger partial charge on any atom is 0.225 e. The number of carbonyl (C=O) groups is 1. The highest BCUT2D eigenvalue weighted by Gasteiger charge is 2.28. The van der Waals surface area contributed by atoms with Gasteiger partial charge in [0.2, 0.25) is 5.91 Å². The van der Waals surface area contributed by atoms with Gasteiger partial charge in [-0.05, 0) is 43.9 Å². The smallest absolute Gasteiger partial charge is 0.225 e. The van der Waals surface area contributed by atoms with Crippen molar-refractivity contribution in [2.24, 2.45) is 5.92 Å². The van der Waals surface area contributed by atoms with Gasteiger partial charge in [-0.1, -0.05) is 37.5 Å². The van der Waals surface area contributed by atoms with Gasteiger partial charge in [0.05, 0.1) is 24.3 Å². The molecule has 7 nitrogen and oxygen atoms in total. The Morgan fingerprint density at radius 2 is 2.03 bits per heavy atom. The van der Waals surface area contributed by atoms with Gasteiger partial charge >= 0.3 is 0 Å². The number of fused-ring (bicyclic) bond motifs is 1. The van der Waals surface area contributed by atoms with Gasteiger partial charge in [0.15, 0.2) is 6.23 Å². The average molecular weight is 463 g/mol. The first-order valence-electron chi connectivity index (χ1n) is 12.1. The number of benzene rings is 1. The first-order chi connectivity index (χ1) is 16.5. The molecular formula is C27H34N4O3. The van der Waals surface area contributed by atoms with E-state index in [9.17, 15) is 9.90 Å². The number of methoxy groups -OCH3 is 1. The van der Waals surface area contributed by atoms with E-state index in [1.165, 1.54) is 6.42 Å². The number of nitriles is 1. The van der Waals surface area contributed by atoms with E-state index in [1.807, 2.05) is 11.9 Å². The van der Waals surface area contributed by atoms with Gasteiger partial charge in [-0.15, -0.1) is 0 Å². The number of hydrogen-bond donors (Lipinski definition) is 3. The van der Waals surface area contributed by atoms with Crippen LogP contribution < -0.4 is 15.9 Å². The van der Waals surface area contributed by atoms with Gasteiger partial charge in [-0.3, -0.25) is 4.79 Å². The van der Waals surface area contributed by atoms with Crippen LogP contribution in [0.3, 0.4) is 0 Å². The summed E-state index contributed by atoms with van der Waals surface area (Å²) in [5.41, 5.74) is 2.28. The number of H-pyrrole nitrogens is 1. The third kappa shape index (κ3) is 5.19. The Morgan fingerprint density at radius 3 is 2.71 bits per heavy atom. The third-order valence-electron chi connectivity index (χ3n) is 7.09. The number of anilines is 1. The molecule has 4 rings (SSSR count). The molecule has 1 saturated carbocycles. The van der Waals surface area contributed by atoms with Crippen molar-refractivity contribution in [2.45, 2.75) is 57.2 Å². The lowest BCUT2D eigenvalue weighted by molar-refractivity contribution is -0.136. The van der Waals surface area contributed by atoms with Crippen LogP contribution in [0.2, 0.25) is 0 Å². The molecule has 2 aliphatic rings. The van der Waals surface area contributed by atoms with Crippen LogP contribution in [0.5, 0.6) is 0 Å². The van der Waals surface area contributed by atoms with Gasteiger partial charge in [0.1, 0.15) is 5.82 Å². The van der Waals surface area contributed by atoms with Gasteiger partial charge < -0.3 is 25.0 Å². The van der Waals surface area contributed by atoms with E-state index in [2.05, 4.69) is 28.5 Å². The van der Waals surface area contributed by atoms with E-state index >= 15 is 0 Å². The zero-order chi connectivity index (χ0) is 24.1. The molecular weight excluding hydrogens is 428 g/mol. The van der Waals surface area contributed by atoms with Crippen molar-refractivity contribution in [3.8, 4) is 6.07 Å². The predicted molar refractivity (Wildman–Crippen MR) is 132 cm³/mol. The van der Waals surface area contributed by atoms with Crippen LogP contribution in [0.4, 0.5) is 5.82 Å². The molecule has 34 heavy (non-hydrogen) atoms. The van der Waals surface area contributed by atoms with Gasteiger partial charge in [-0.25, -0.2) is 0 Å². The molecule has 2 atom stereocenters. The monoisotopic (exact) mass is 462 g/mol. The second-order valence-corrected chi connectivity index (χ2v) is 9.29. The normalized spacial score (nSPS) is 18.7. The maximum atomic E-state index is 13.1. The Balaban J connectivity index is 1.58.